The molecular weight excluding hydrogens is 359 g/mol. The van der Waals surface area contributed by atoms with E-state index in [1.165, 1.54) is 18.5 Å². The molecule has 3 N–H and O–H groups in total. The van der Waals surface area contributed by atoms with E-state index in [0.717, 1.165) is 0 Å². The maximum Gasteiger partial charge on any atom is 0.222 e. The third-order valence-electron chi connectivity index (χ3n) is 3.57. The van der Waals surface area contributed by atoms with Gasteiger partial charge in [0.15, 0.2) is 0 Å². The molecule has 7 nitrogen and oxygen atoms in total. The highest BCUT2D eigenvalue weighted by Crippen LogP contribution is 2.36. The van der Waals surface area contributed by atoms with Crippen molar-refractivity contribution in [1.29, 1.82) is 0 Å². The number of aromatic nitrogens is 4. The standard InChI is InChI=1S/C17H16ClFN6O/c1-26-5-4-23-16-14(11-7-21-9-22-8-11)15(24-17(20)25-16)10-2-3-13(19)12(18)6-10/h2-3,6-9H,4-5H2,1H3,(H3,20,23,24,25). The molecule has 3 rings (SSSR count). The first kappa shape index (κ1) is 18.0. The summed E-state index contributed by atoms with van der Waals surface area (Å²) >= 11 is 5.94. The molecule has 0 aliphatic carbocycles. The minimum Gasteiger partial charge on any atom is -0.383 e. The summed E-state index contributed by atoms with van der Waals surface area (Å²) in [6.45, 7) is 0.990. The van der Waals surface area contributed by atoms with Crippen LogP contribution in [0.4, 0.5) is 16.2 Å². The number of rotatable bonds is 6. The second-order valence-corrected chi connectivity index (χ2v) is 5.74. The largest absolute Gasteiger partial charge is 0.383 e. The van der Waals surface area contributed by atoms with Crippen LogP contribution in [0.25, 0.3) is 22.4 Å². The van der Waals surface area contributed by atoms with Crippen LogP contribution in [0.1, 0.15) is 0 Å². The Bertz CT molecular complexity index is 909. The van der Waals surface area contributed by atoms with Crippen molar-refractivity contribution in [2.75, 3.05) is 31.3 Å². The van der Waals surface area contributed by atoms with Gasteiger partial charge < -0.3 is 15.8 Å². The number of nitrogen functional groups attached to an aromatic ring is 1. The lowest BCUT2D eigenvalue weighted by Crippen LogP contribution is -2.12. The van der Waals surface area contributed by atoms with Crippen molar-refractivity contribution in [2.45, 2.75) is 0 Å². The van der Waals surface area contributed by atoms with E-state index in [9.17, 15) is 4.39 Å². The van der Waals surface area contributed by atoms with Crippen molar-refractivity contribution in [3.05, 3.63) is 47.8 Å². The Labute approximate surface area is 154 Å². The fourth-order valence-corrected chi connectivity index (χ4v) is 2.61. The molecule has 0 amide bonds. The summed E-state index contributed by atoms with van der Waals surface area (Å²) in [6.07, 6.45) is 4.70. The van der Waals surface area contributed by atoms with Crippen molar-refractivity contribution in [1.82, 2.24) is 19.9 Å². The van der Waals surface area contributed by atoms with Gasteiger partial charge in [-0.2, -0.15) is 4.98 Å². The molecule has 2 aromatic heterocycles. The van der Waals surface area contributed by atoms with Gasteiger partial charge in [0, 0.05) is 37.2 Å². The topological polar surface area (TPSA) is 98.8 Å². The predicted molar refractivity (Wildman–Crippen MR) is 98.2 cm³/mol. The number of anilines is 2. The molecule has 0 bridgehead atoms. The first-order chi connectivity index (χ1) is 12.6. The molecule has 3 aromatic rings. The summed E-state index contributed by atoms with van der Waals surface area (Å²) in [4.78, 5) is 16.7. The van der Waals surface area contributed by atoms with Gasteiger partial charge in [0.2, 0.25) is 5.95 Å². The van der Waals surface area contributed by atoms with E-state index in [2.05, 4.69) is 25.3 Å². The van der Waals surface area contributed by atoms with Crippen LogP contribution in [0.3, 0.4) is 0 Å². The molecule has 0 fully saturated rings. The lowest BCUT2D eigenvalue weighted by Gasteiger charge is -2.16. The van der Waals surface area contributed by atoms with Gasteiger partial charge in [0.25, 0.3) is 0 Å². The van der Waals surface area contributed by atoms with E-state index in [-0.39, 0.29) is 11.0 Å². The number of hydrogen-bond donors (Lipinski definition) is 2. The maximum absolute atomic E-state index is 13.6. The van der Waals surface area contributed by atoms with E-state index in [4.69, 9.17) is 22.1 Å². The Balaban J connectivity index is 2.20. The van der Waals surface area contributed by atoms with Gasteiger partial charge in [-0.25, -0.2) is 19.3 Å². The first-order valence-corrected chi connectivity index (χ1v) is 8.09. The number of hydrogen-bond acceptors (Lipinski definition) is 7. The van der Waals surface area contributed by atoms with Gasteiger partial charge in [-0.05, 0) is 18.2 Å². The van der Waals surface area contributed by atoms with Crippen molar-refractivity contribution >= 4 is 23.4 Å². The molecule has 1 aromatic carbocycles. The van der Waals surface area contributed by atoms with E-state index in [1.54, 1.807) is 25.6 Å². The van der Waals surface area contributed by atoms with Crippen LogP contribution in [0.2, 0.25) is 5.02 Å². The average Bonchev–Trinajstić information content (AvgIpc) is 2.64. The van der Waals surface area contributed by atoms with Crippen LogP contribution < -0.4 is 11.1 Å². The molecule has 0 spiro atoms. The minimum absolute atomic E-state index is 0.0103. The van der Waals surface area contributed by atoms with Crippen molar-refractivity contribution in [3.8, 4) is 22.4 Å². The highest BCUT2D eigenvalue weighted by Gasteiger charge is 2.18. The molecule has 0 saturated carbocycles. The lowest BCUT2D eigenvalue weighted by molar-refractivity contribution is 0.210. The second kappa shape index (κ2) is 8.03. The quantitative estimate of drug-likeness (QED) is 0.640. The van der Waals surface area contributed by atoms with Crippen LogP contribution in [0.5, 0.6) is 0 Å². The molecular formula is C17H16ClFN6O. The fourth-order valence-electron chi connectivity index (χ4n) is 2.43. The molecule has 0 aliphatic rings. The van der Waals surface area contributed by atoms with Gasteiger partial charge in [-0.1, -0.05) is 11.6 Å². The zero-order valence-electron chi connectivity index (χ0n) is 13.9. The number of nitrogens with zero attached hydrogens (tertiary/aromatic N) is 4. The summed E-state index contributed by atoms with van der Waals surface area (Å²) in [7, 11) is 1.61. The van der Waals surface area contributed by atoms with E-state index < -0.39 is 5.82 Å². The van der Waals surface area contributed by atoms with Crippen molar-refractivity contribution in [2.24, 2.45) is 0 Å². The third kappa shape index (κ3) is 3.87. The molecule has 9 heteroatoms. The minimum atomic E-state index is -0.513. The van der Waals surface area contributed by atoms with Crippen LogP contribution in [0.15, 0.2) is 36.9 Å². The fraction of sp³-hybridized carbons (Fsp3) is 0.176. The normalized spacial score (nSPS) is 10.7. The zero-order valence-corrected chi connectivity index (χ0v) is 14.7. The van der Waals surface area contributed by atoms with Crippen LogP contribution in [-0.4, -0.2) is 40.2 Å². The summed E-state index contributed by atoms with van der Waals surface area (Å²) < 4.78 is 18.6. The lowest BCUT2D eigenvalue weighted by atomic mass is 10.0. The maximum atomic E-state index is 13.6. The van der Waals surface area contributed by atoms with Crippen LogP contribution in [-0.2, 0) is 4.74 Å². The molecule has 0 saturated heterocycles. The Kier molecular flexibility index (Phi) is 5.55. The molecule has 134 valence electrons. The molecule has 26 heavy (non-hydrogen) atoms. The van der Waals surface area contributed by atoms with Crippen LogP contribution >= 0.6 is 11.6 Å². The number of benzene rings is 1. The Morgan fingerprint density at radius 3 is 2.65 bits per heavy atom. The van der Waals surface area contributed by atoms with Crippen molar-refractivity contribution < 1.29 is 9.13 Å². The van der Waals surface area contributed by atoms with E-state index in [0.29, 0.717) is 41.4 Å². The van der Waals surface area contributed by atoms with E-state index in [1.807, 2.05) is 0 Å². The van der Waals surface area contributed by atoms with Gasteiger partial charge in [0.05, 0.1) is 22.9 Å². The Hall–Kier alpha value is -2.84. The molecule has 2 heterocycles. The molecule has 0 atom stereocenters. The molecule has 0 aliphatic heterocycles. The summed E-state index contributed by atoms with van der Waals surface area (Å²) in [5.41, 5.74) is 8.30. The van der Waals surface area contributed by atoms with Gasteiger partial charge in [-0.15, -0.1) is 0 Å². The SMILES string of the molecule is COCCNc1nc(N)nc(-c2ccc(F)c(Cl)c2)c1-c1cncnc1. The molecule has 0 radical (unpaired) electrons. The molecule has 0 unspecified atom stereocenters. The van der Waals surface area contributed by atoms with Gasteiger partial charge in [-0.3, -0.25) is 0 Å². The number of ether oxygens (including phenoxy) is 1. The smallest absolute Gasteiger partial charge is 0.222 e. The van der Waals surface area contributed by atoms with Gasteiger partial charge in [0.1, 0.15) is 18.0 Å². The zero-order chi connectivity index (χ0) is 18.5. The summed E-state index contributed by atoms with van der Waals surface area (Å²) in [5.74, 6) is 0.0567. The highest BCUT2D eigenvalue weighted by atomic mass is 35.5. The number of nitrogens with one attached hydrogen (secondary N) is 1. The van der Waals surface area contributed by atoms with Crippen LogP contribution in [0, 0.1) is 5.82 Å². The summed E-state index contributed by atoms with van der Waals surface area (Å²) in [5, 5.41) is 3.16. The number of methoxy groups -OCH3 is 1. The number of halogens is 2. The third-order valence-corrected chi connectivity index (χ3v) is 3.86. The summed E-state index contributed by atoms with van der Waals surface area (Å²) in [6, 6.07) is 4.35. The predicted octanol–water partition coefficient (Wildman–Crippen LogP) is 3.03. The monoisotopic (exact) mass is 374 g/mol. The Morgan fingerprint density at radius 1 is 1.19 bits per heavy atom. The number of nitrogens with two attached hydrogens (primary N) is 1. The van der Waals surface area contributed by atoms with Crippen molar-refractivity contribution in [3.63, 3.8) is 0 Å². The van der Waals surface area contributed by atoms with E-state index >= 15 is 0 Å². The van der Waals surface area contributed by atoms with Gasteiger partial charge >= 0.3 is 0 Å². The first-order valence-electron chi connectivity index (χ1n) is 7.71. The Morgan fingerprint density at radius 2 is 1.96 bits per heavy atom. The second-order valence-electron chi connectivity index (χ2n) is 5.33. The highest BCUT2D eigenvalue weighted by molar-refractivity contribution is 6.31. The average molecular weight is 375 g/mol.